The van der Waals surface area contributed by atoms with Crippen molar-refractivity contribution in [2.45, 2.75) is 5.41 Å². The van der Waals surface area contributed by atoms with Crippen molar-refractivity contribution in [2.75, 3.05) is 17.7 Å². The number of hydrogen-bond donors (Lipinski definition) is 1. The molecule has 0 saturated carbocycles. The number of amides is 1. The van der Waals surface area contributed by atoms with Crippen molar-refractivity contribution in [1.29, 1.82) is 0 Å². The Morgan fingerprint density at radius 2 is 1.65 bits per heavy atom. The minimum atomic E-state index is -4.36. The predicted molar refractivity (Wildman–Crippen MR) is 84.6 cm³/mol. The zero-order valence-electron chi connectivity index (χ0n) is 13.9. The van der Waals surface area contributed by atoms with Crippen LogP contribution in [-0.2, 0) is 20.3 Å². The molecule has 7 heteroatoms. The number of fused-ring (bicyclic) bond motifs is 1. The first-order chi connectivity index (χ1) is 10.4. The average molecular weight is 341 g/mol. The van der Waals surface area contributed by atoms with Gasteiger partial charge in [0.05, 0.1) is 5.75 Å². The first-order valence-electron chi connectivity index (χ1n) is 6.74. The maximum Gasteiger partial charge on any atom is 1.00 e. The van der Waals surface area contributed by atoms with E-state index in [0.29, 0.717) is 16.8 Å². The predicted octanol–water partition coefficient (Wildman–Crippen LogP) is -1.05. The van der Waals surface area contributed by atoms with Crippen molar-refractivity contribution in [3.05, 3.63) is 65.7 Å². The van der Waals surface area contributed by atoms with Crippen molar-refractivity contribution < 1.29 is 48.7 Å². The van der Waals surface area contributed by atoms with Gasteiger partial charge in [-0.2, -0.15) is 8.42 Å². The average Bonchev–Trinajstić information content (AvgIpc) is 2.70. The summed E-state index contributed by atoms with van der Waals surface area (Å²) in [5, 5.41) is 0. The number of carbonyl (C=O) groups is 1. The van der Waals surface area contributed by atoms with Gasteiger partial charge >= 0.3 is 29.6 Å². The van der Waals surface area contributed by atoms with E-state index >= 15 is 0 Å². The van der Waals surface area contributed by atoms with Crippen LogP contribution in [0.25, 0.3) is 0 Å². The number of anilines is 1. The summed E-state index contributed by atoms with van der Waals surface area (Å²) in [6.45, 7) is 0. The number of para-hydroxylation sites is 1. The van der Waals surface area contributed by atoms with Gasteiger partial charge in [-0.1, -0.05) is 48.5 Å². The van der Waals surface area contributed by atoms with Gasteiger partial charge in [-0.25, -0.2) is 0 Å². The molecule has 0 saturated heterocycles. The number of carbonyl (C=O) groups excluding carboxylic acids is 1. The van der Waals surface area contributed by atoms with Crippen molar-refractivity contribution in [3.63, 3.8) is 0 Å². The van der Waals surface area contributed by atoms with E-state index in [-0.39, 0.29) is 36.9 Å². The molecule has 0 aromatic heterocycles. The van der Waals surface area contributed by atoms with Gasteiger partial charge in [0, 0.05) is 12.7 Å². The fraction of sp³-hybridized carbons (Fsp3) is 0.188. The van der Waals surface area contributed by atoms with Crippen LogP contribution in [0.2, 0.25) is 0 Å². The molecule has 0 radical (unpaired) electrons. The standard InChI is InChI=1S/C16H15NO4S.Na.H/c1-17-14-10-6-5-9-13(14)16(15(17)18,11-22(19,20)21)12-7-3-2-4-8-12;;/h2-10H,11H2,1H3,(H,19,20,21);;/q;+1;-1. The molecular weight excluding hydrogens is 325 g/mol. The molecule has 0 bridgehead atoms. The molecule has 116 valence electrons. The van der Waals surface area contributed by atoms with Crippen LogP contribution in [0.1, 0.15) is 12.6 Å². The molecular formula is C16H16NNaO4S. The van der Waals surface area contributed by atoms with Crippen LogP contribution in [-0.4, -0.2) is 31.7 Å². The number of hydrogen-bond acceptors (Lipinski definition) is 3. The van der Waals surface area contributed by atoms with E-state index in [1.807, 2.05) is 0 Å². The van der Waals surface area contributed by atoms with Crippen molar-refractivity contribution in [2.24, 2.45) is 0 Å². The molecule has 2 aromatic rings. The van der Waals surface area contributed by atoms with Crippen LogP contribution in [0.15, 0.2) is 54.6 Å². The van der Waals surface area contributed by atoms with Crippen LogP contribution in [0.4, 0.5) is 5.69 Å². The monoisotopic (exact) mass is 341 g/mol. The second kappa shape index (κ2) is 6.37. The zero-order valence-corrected chi connectivity index (χ0v) is 15.7. The second-order valence-corrected chi connectivity index (χ2v) is 6.83. The zero-order chi connectivity index (χ0) is 16.0. The topological polar surface area (TPSA) is 74.7 Å². The summed E-state index contributed by atoms with van der Waals surface area (Å²) in [5.74, 6) is -1.04. The third-order valence-corrected chi connectivity index (χ3v) is 4.86. The molecule has 1 unspecified atom stereocenters. The van der Waals surface area contributed by atoms with Crippen LogP contribution >= 0.6 is 0 Å². The first kappa shape index (κ1) is 18.2. The minimum Gasteiger partial charge on any atom is -1.00 e. The van der Waals surface area contributed by atoms with E-state index in [1.54, 1.807) is 61.6 Å². The van der Waals surface area contributed by atoms with Crippen molar-refractivity contribution >= 4 is 21.7 Å². The molecule has 3 rings (SSSR count). The van der Waals surface area contributed by atoms with E-state index in [1.165, 1.54) is 4.90 Å². The summed E-state index contributed by atoms with van der Waals surface area (Å²) in [5.41, 5.74) is 0.376. The van der Waals surface area contributed by atoms with Gasteiger partial charge in [-0.05, 0) is 17.2 Å². The Balaban J connectivity index is 0.00000144. The Morgan fingerprint density at radius 1 is 1.09 bits per heavy atom. The van der Waals surface area contributed by atoms with Gasteiger partial charge in [0.25, 0.3) is 10.1 Å². The molecule has 5 nitrogen and oxygen atoms in total. The SMILES string of the molecule is CN1C(=O)C(CS(=O)(=O)O)(c2ccccc2)c2ccccc21.[H-].[Na+]. The Bertz CT molecular complexity index is 844. The first-order valence-corrected chi connectivity index (χ1v) is 8.35. The van der Waals surface area contributed by atoms with E-state index in [4.69, 9.17) is 0 Å². The number of nitrogens with zero attached hydrogens (tertiary/aromatic N) is 1. The van der Waals surface area contributed by atoms with Crippen molar-refractivity contribution in [1.82, 2.24) is 0 Å². The molecule has 0 fully saturated rings. The maximum atomic E-state index is 12.9. The van der Waals surface area contributed by atoms with Crippen LogP contribution < -0.4 is 34.5 Å². The van der Waals surface area contributed by atoms with Gasteiger partial charge in [0.2, 0.25) is 5.91 Å². The smallest absolute Gasteiger partial charge is 1.00 e. The summed E-state index contributed by atoms with van der Waals surface area (Å²) < 4.78 is 32.7. The normalized spacial score (nSPS) is 20.1. The Hall–Kier alpha value is -1.18. The summed E-state index contributed by atoms with van der Waals surface area (Å²) in [6.07, 6.45) is 0. The van der Waals surface area contributed by atoms with Crippen molar-refractivity contribution in [3.8, 4) is 0 Å². The molecule has 2 aromatic carbocycles. The molecule has 1 atom stereocenters. The third-order valence-electron chi connectivity index (χ3n) is 4.06. The molecule has 23 heavy (non-hydrogen) atoms. The van der Waals surface area contributed by atoms with Gasteiger partial charge < -0.3 is 6.33 Å². The molecule has 1 N–H and O–H groups in total. The minimum absolute atomic E-state index is 0. The van der Waals surface area contributed by atoms with Gasteiger partial charge in [-0.3, -0.25) is 9.35 Å². The van der Waals surface area contributed by atoms with E-state index in [0.717, 1.165) is 0 Å². The molecule has 1 aliphatic heterocycles. The second-order valence-electron chi connectivity index (χ2n) is 5.38. The van der Waals surface area contributed by atoms with E-state index in [9.17, 15) is 17.8 Å². The largest absolute Gasteiger partial charge is 1.00 e. The number of rotatable bonds is 3. The van der Waals surface area contributed by atoms with Gasteiger partial charge in [0.15, 0.2) is 0 Å². The molecule has 1 heterocycles. The summed E-state index contributed by atoms with van der Waals surface area (Å²) in [7, 11) is -2.75. The quantitative estimate of drug-likeness (QED) is 0.571. The Morgan fingerprint density at radius 3 is 2.26 bits per heavy atom. The van der Waals surface area contributed by atoms with Gasteiger partial charge in [-0.15, -0.1) is 0 Å². The van der Waals surface area contributed by atoms with E-state index < -0.39 is 21.3 Å². The van der Waals surface area contributed by atoms with Gasteiger partial charge in [0.1, 0.15) is 5.41 Å². The summed E-state index contributed by atoms with van der Waals surface area (Å²) in [6, 6.07) is 15.7. The fourth-order valence-electron chi connectivity index (χ4n) is 3.14. The third kappa shape index (κ3) is 2.97. The number of benzene rings is 2. The molecule has 1 amide bonds. The van der Waals surface area contributed by atoms with Crippen LogP contribution in [0, 0.1) is 0 Å². The number of likely N-dealkylation sites (N-methyl/N-ethyl adjacent to an activating group) is 1. The maximum absolute atomic E-state index is 12.9. The van der Waals surface area contributed by atoms with E-state index in [2.05, 4.69) is 0 Å². The Labute approximate surface area is 158 Å². The molecule has 1 aliphatic rings. The molecule has 0 aliphatic carbocycles. The Kier molecular flexibility index (Phi) is 5.03. The summed E-state index contributed by atoms with van der Waals surface area (Å²) >= 11 is 0. The van der Waals surface area contributed by atoms with Crippen LogP contribution in [0.5, 0.6) is 0 Å². The summed E-state index contributed by atoms with van der Waals surface area (Å²) in [4.78, 5) is 14.4. The van der Waals surface area contributed by atoms with Crippen LogP contribution in [0.3, 0.4) is 0 Å². The molecule has 0 spiro atoms. The fourth-order valence-corrected chi connectivity index (χ4v) is 4.13.